The molecule has 2 heterocycles. The van der Waals surface area contributed by atoms with Crippen molar-refractivity contribution in [3.05, 3.63) is 33.7 Å². The molecule has 1 unspecified atom stereocenters. The maximum atomic E-state index is 12.3. The van der Waals surface area contributed by atoms with Gasteiger partial charge in [-0.1, -0.05) is 6.92 Å². The van der Waals surface area contributed by atoms with Gasteiger partial charge in [-0.05, 0) is 35.7 Å². The fraction of sp³-hybridized carbons (Fsp3) is 0.429. The summed E-state index contributed by atoms with van der Waals surface area (Å²) in [6.07, 6.45) is 0.767. The fourth-order valence-corrected chi connectivity index (χ4v) is 2.75. The van der Waals surface area contributed by atoms with Gasteiger partial charge >= 0.3 is 12.0 Å². The van der Waals surface area contributed by atoms with Gasteiger partial charge in [0.05, 0.1) is 18.2 Å². The van der Waals surface area contributed by atoms with Gasteiger partial charge in [0.2, 0.25) is 0 Å². The molecule has 20 heavy (non-hydrogen) atoms. The second-order valence-corrected chi connectivity index (χ2v) is 5.41. The number of hydrogen-bond donors (Lipinski definition) is 1. The third kappa shape index (κ3) is 2.70. The molecule has 1 aliphatic rings. The van der Waals surface area contributed by atoms with Crippen LogP contribution in [0.5, 0.6) is 0 Å². The molecule has 6 heteroatoms. The Hall–Kier alpha value is -1.82. The summed E-state index contributed by atoms with van der Waals surface area (Å²) in [6, 6.07) is 1.25. The molecule has 1 atom stereocenters. The van der Waals surface area contributed by atoms with Crippen LogP contribution in [0.3, 0.4) is 0 Å². The average Bonchev–Trinajstić information content (AvgIpc) is 2.95. The lowest BCUT2D eigenvalue weighted by atomic mass is 9.97. The van der Waals surface area contributed by atoms with E-state index >= 15 is 0 Å². The second-order valence-electron chi connectivity index (χ2n) is 4.63. The number of amides is 2. The van der Waals surface area contributed by atoms with Gasteiger partial charge < -0.3 is 15.0 Å². The van der Waals surface area contributed by atoms with Crippen molar-refractivity contribution >= 4 is 23.3 Å². The van der Waals surface area contributed by atoms with Gasteiger partial charge in [-0.15, -0.1) is 0 Å². The SMILES string of the molecule is CCCOC(=O)C1=C(C)N(C)C(=O)NC1c1ccsc1. The zero-order chi connectivity index (χ0) is 14.7. The van der Waals surface area contributed by atoms with Crippen molar-refractivity contribution in [2.75, 3.05) is 13.7 Å². The average molecular weight is 294 g/mol. The van der Waals surface area contributed by atoms with Gasteiger partial charge in [-0.25, -0.2) is 9.59 Å². The second kappa shape index (κ2) is 6.09. The summed E-state index contributed by atoms with van der Waals surface area (Å²) in [4.78, 5) is 25.6. The third-order valence-electron chi connectivity index (χ3n) is 3.29. The Morgan fingerprint density at radius 2 is 2.30 bits per heavy atom. The molecule has 2 rings (SSSR count). The van der Waals surface area contributed by atoms with Crippen LogP contribution in [-0.2, 0) is 9.53 Å². The van der Waals surface area contributed by atoms with Crippen molar-refractivity contribution in [1.82, 2.24) is 10.2 Å². The maximum Gasteiger partial charge on any atom is 0.338 e. The van der Waals surface area contributed by atoms with Gasteiger partial charge in [0.15, 0.2) is 0 Å². The van der Waals surface area contributed by atoms with Crippen molar-refractivity contribution < 1.29 is 14.3 Å². The predicted molar refractivity (Wildman–Crippen MR) is 77.3 cm³/mol. The highest BCUT2D eigenvalue weighted by Gasteiger charge is 2.34. The highest BCUT2D eigenvalue weighted by molar-refractivity contribution is 7.08. The van der Waals surface area contributed by atoms with Crippen LogP contribution in [0, 0.1) is 0 Å². The Bertz CT molecular complexity index is 537. The molecule has 2 amide bonds. The van der Waals surface area contributed by atoms with E-state index < -0.39 is 6.04 Å². The largest absolute Gasteiger partial charge is 0.462 e. The molecule has 0 bridgehead atoms. The quantitative estimate of drug-likeness (QED) is 0.869. The minimum Gasteiger partial charge on any atom is -0.462 e. The third-order valence-corrected chi connectivity index (χ3v) is 3.99. The summed E-state index contributed by atoms with van der Waals surface area (Å²) < 4.78 is 5.24. The van der Waals surface area contributed by atoms with E-state index in [9.17, 15) is 9.59 Å². The molecule has 0 saturated heterocycles. The smallest absolute Gasteiger partial charge is 0.338 e. The summed E-state index contributed by atoms with van der Waals surface area (Å²) in [5.74, 6) is -0.368. The van der Waals surface area contributed by atoms with Crippen molar-refractivity contribution in [1.29, 1.82) is 0 Å². The highest BCUT2D eigenvalue weighted by Crippen LogP contribution is 2.31. The number of rotatable bonds is 4. The van der Waals surface area contributed by atoms with Crippen molar-refractivity contribution in [2.24, 2.45) is 0 Å². The molecule has 0 aromatic carbocycles. The Morgan fingerprint density at radius 1 is 1.55 bits per heavy atom. The Kier molecular flexibility index (Phi) is 4.44. The van der Waals surface area contributed by atoms with Gasteiger partial charge in [0.25, 0.3) is 0 Å². The number of carbonyl (C=O) groups is 2. The van der Waals surface area contributed by atoms with E-state index in [-0.39, 0.29) is 12.0 Å². The first kappa shape index (κ1) is 14.6. The van der Waals surface area contributed by atoms with Crippen LogP contribution in [0.25, 0.3) is 0 Å². The first-order valence-corrected chi connectivity index (χ1v) is 7.44. The van der Waals surface area contributed by atoms with E-state index in [1.165, 1.54) is 16.2 Å². The van der Waals surface area contributed by atoms with E-state index in [2.05, 4.69) is 5.32 Å². The number of ether oxygens (including phenoxy) is 1. The molecule has 0 aliphatic carbocycles. The van der Waals surface area contributed by atoms with E-state index in [1.807, 2.05) is 23.8 Å². The molecule has 0 spiro atoms. The van der Waals surface area contributed by atoms with Crippen LogP contribution < -0.4 is 5.32 Å². The predicted octanol–water partition coefficient (Wildman–Crippen LogP) is 2.67. The zero-order valence-corrected chi connectivity index (χ0v) is 12.6. The summed E-state index contributed by atoms with van der Waals surface area (Å²) in [5, 5.41) is 6.69. The number of nitrogens with one attached hydrogen (secondary N) is 1. The number of hydrogen-bond acceptors (Lipinski definition) is 4. The molecule has 1 aromatic heterocycles. The van der Waals surface area contributed by atoms with Gasteiger partial charge in [0, 0.05) is 12.7 Å². The summed E-state index contributed by atoms with van der Waals surface area (Å²) >= 11 is 1.53. The number of carbonyl (C=O) groups excluding carboxylic acids is 2. The number of allylic oxidation sites excluding steroid dienone is 1. The van der Waals surface area contributed by atoms with Gasteiger partial charge in [-0.3, -0.25) is 0 Å². The molecule has 0 saturated carbocycles. The van der Waals surface area contributed by atoms with Crippen molar-refractivity contribution in [2.45, 2.75) is 26.3 Å². The van der Waals surface area contributed by atoms with Crippen LogP contribution in [0.1, 0.15) is 31.9 Å². The summed E-state index contributed by atoms with van der Waals surface area (Å²) in [5.41, 5.74) is 2.03. The lowest BCUT2D eigenvalue weighted by molar-refractivity contribution is -0.139. The molecular weight excluding hydrogens is 276 g/mol. The molecular formula is C14H18N2O3S. The van der Waals surface area contributed by atoms with Crippen LogP contribution in [0.15, 0.2) is 28.1 Å². The Morgan fingerprint density at radius 3 is 2.90 bits per heavy atom. The lowest BCUT2D eigenvalue weighted by Crippen LogP contribution is -2.46. The molecule has 1 N–H and O–H groups in total. The first-order valence-electron chi connectivity index (χ1n) is 6.50. The number of nitrogens with zero attached hydrogens (tertiary/aromatic N) is 1. The minimum absolute atomic E-state index is 0.217. The molecule has 5 nitrogen and oxygen atoms in total. The zero-order valence-electron chi connectivity index (χ0n) is 11.8. The number of thiophene rings is 1. The lowest BCUT2D eigenvalue weighted by Gasteiger charge is -2.32. The molecule has 108 valence electrons. The van der Waals surface area contributed by atoms with Gasteiger partial charge in [0.1, 0.15) is 0 Å². The summed E-state index contributed by atoms with van der Waals surface area (Å²) in [6.45, 7) is 4.09. The van der Waals surface area contributed by atoms with Crippen LogP contribution in [0.2, 0.25) is 0 Å². The Balaban J connectivity index is 2.38. The topological polar surface area (TPSA) is 58.6 Å². The van der Waals surface area contributed by atoms with Gasteiger partial charge in [-0.2, -0.15) is 11.3 Å². The monoisotopic (exact) mass is 294 g/mol. The first-order chi connectivity index (χ1) is 9.56. The van der Waals surface area contributed by atoms with E-state index in [4.69, 9.17) is 4.74 Å². The minimum atomic E-state index is -0.436. The standard InChI is InChI=1S/C14H18N2O3S/c1-4-6-19-13(17)11-9(2)16(3)14(18)15-12(11)10-5-7-20-8-10/h5,7-8,12H,4,6H2,1-3H3,(H,15,18). The maximum absolute atomic E-state index is 12.3. The number of urea groups is 1. The van der Waals surface area contributed by atoms with E-state index in [0.29, 0.717) is 17.9 Å². The molecule has 1 aliphatic heterocycles. The van der Waals surface area contributed by atoms with Crippen LogP contribution >= 0.6 is 11.3 Å². The molecule has 1 aromatic rings. The molecule has 0 fully saturated rings. The Labute approximate surface area is 122 Å². The van der Waals surface area contributed by atoms with E-state index in [0.717, 1.165) is 12.0 Å². The van der Waals surface area contributed by atoms with Crippen LogP contribution in [0.4, 0.5) is 4.79 Å². The number of esters is 1. The highest BCUT2D eigenvalue weighted by atomic mass is 32.1. The molecule has 0 radical (unpaired) electrons. The van der Waals surface area contributed by atoms with E-state index in [1.54, 1.807) is 14.0 Å². The fourth-order valence-electron chi connectivity index (χ4n) is 2.06. The summed E-state index contributed by atoms with van der Waals surface area (Å²) in [7, 11) is 1.64. The van der Waals surface area contributed by atoms with Crippen LogP contribution in [-0.4, -0.2) is 30.6 Å². The van der Waals surface area contributed by atoms with Crippen molar-refractivity contribution in [3.63, 3.8) is 0 Å². The van der Waals surface area contributed by atoms with Crippen molar-refractivity contribution in [3.8, 4) is 0 Å². The normalized spacial score (nSPS) is 19.1.